The fourth-order valence-electron chi connectivity index (χ4n) is 2.40. The second-order valence-electron chi connectivity index (χ2n) is 4.92. The molecule has 86 valence electrons. The second kappa shape index (κ2) is 5.50. The molecule has 0 radical (unpaired) electrons. The molecule has 3 heteroatoms. The lowest BCUT2D eigenvalue weighted by atomic mass is 9.83. The molecular weight excluding hydrogens is 188 g/mol. The fraction of sp³-hybridized carbons (Fsp3) is 0.917. The van der Waals surface area contributed by atoms with Gasteiger partial charge in [-0.05, 0) is 31.7 Å². The lowest BCUT2D eigenvalue weighted by Gasteiger charge is -2.26. The average molecular weight is 210 g/mol. The van der Waals surface area contributed by atoms with Crippen LogP contribution in [0.1, 0.15) is 38.5 Å². The molecule has 2 N–H and O–H groups in total. The Hall–Kier alpha value is -0.570. The smallest absolute Gasteiger partial charge is 0.224 e. The van der Waals surface area contributed by atoms with E-state index in [4.69, 9.17) is 0 Å². The predicted octanol–water partition coefficient (Wildman–Crippen LogP) is 1.29. The third-order valence-electron chi connectivity index (χ3n) is 3.74. The lowest BCUT2D eigenvalue weighted by molar-refractivity contribution is -0.125. The van der Waals surface area contributed by atoms with Crippen molar-refractivity contribution in [3.8, 4) is 0 Å². The van der Waals surface area contributed by atoms with Gasteiger partial charge in [-0.25, -0.2) is 0 Å². The number of nitrogens with one attached hydrogen (secondary N) is 2. The molecule has 1 saturated heterocycles. The summed E-state index contributed by atoms with van der Waals surface area (Å²) in [4.78, 5) is 11.7. The number of carbonyl (C=O) groups is 1. The summed E-state index contributed by atoms with van der Waals surface area (Å²) < 4.78 is 0. The van der Waals surface area contributed by atoms with Gasteiger partial charge in [0.2, 0.25) is 5.91 Å². The van der Waals surface area contributed by atoms with Crippen LogP contribution < -0.4 is 10.6 Å². The van der Waals surface area contributed by atoms with E-state index in [2.05, 4.69) is 10.6 Å². The first kappa shape index (κ1) is 10.9. The van der Waals surface area contributed by atoms with Gasteiger partial charge in [-0.1, -0.05) is 19.3 Å². The SMILES string of the molecule is O=C(NCCC1CCC1)[C@H]1CCCNC1. The lowest BCUT2D eigenvalue weighted by Crippen LogP contribution is -2.41. The van der Waals surface area contributed by atoms with Crippen LogP contribution in [0.25, 0.3) is 0 Å². The normalized spacial score (nSPS) is 27.1. The third-order valence-corrected chi connectivity index (χ3v) is 3.74. The Labute approximate surface area is 92.0 Å². The van der Waals surface area contributed by atoms with Gasteiger partial charge in [-0.15, -0.1) is 0 Å². The molecule has 2 rings (SSSR count). The van der Waals surface area contributed by atoms with Crippen molar-refractivity contribution in [3.05, 3.63) is 0 Å². The van der Waals surface area contributed by atoms with Crippen LogP contribution in [0.5, 0.6) is 0 Å². The van der Waals surface area contributed by atoms with E-state index in [0.717, 1.165) is 38.4 Å². The zero-order valence-electron chi connectivity index (χ0n) is 9.43. The number of piperidine rings is 1. The first-order valence-electron chi connectivity index (χ1n) is 6.34. The minimum Gasteiger partial charge on any atom is -0.356 e. The Bertz CT molecular complexity index is 208. The Morgan fingerprint density at radius 2 is 2.13 bits per heavy atom. The van der Waals surface area contributed by atoms with Crippen LogP contribution in [0.4, 0.5) is 0 Å². The molecule has 0 bridgehead atoms. The molecule has 3 nitrogen and oxygen atoms in total. The summed E-state index contributed by atoms with van der Waals surface area (Å²) in [5, 5.41) is 6.35. The van der Waals surface area contributed by atoms with Gasteiger partial charge in [0, 0.05) is 13.1 Å². The third kappa shape index (κ3) is 3.20. The van der Waals surface area contributed by atoms with E-state index in [1.165, 1.54) is 25.7 Å². The van der Waals surface area contributed by atoms with Crippen LogP contribution in [-0.2, 0) is 4.79 Å². The van der Waals surface area contributed by atoms with Crippen molar-refractivity contribution in [3.63, 3.8) is 0 Å². The first-order chi connectivity index (χ1) is 7.36. The van der Waals surface area contributed by atoms with Gasteiger partial charge in [-0.3, -0.25) is 4.79 Å². The van der Waals surface area contributed by atoms with Gasteiger partial charge in [0.1, 0.15) is 0 Å². The largest absolute Gasteiger partial charge is 0.356 e. The van der Waals surface area contributed by atoms with Gasteiger partial charge in [0.05, 0.1) is 5.92 Å². The molecule has 1 amide bonds. The maximum Gasteiger partial charge on any atom is 0.224 e. The zero-order valence-corrected chi connectivity index (χ0v) is 9.43. The van der Waals surface area contributed by atoms with Crippen molar-refractivity contribution in [1.82, 2.24) is 10.6 Å². The van der Waals surface area contributed by atoms with Crippen molar-refractivity contribution in [2.24, 2.45) is 11.8 Å². The second-order valence-corrected chi connectivity index (χ2v) is 4.92. The summed E-state index contributed by atoms with van der Waals surface area (Å²) >= 11 is 0. The topological polar surface area (TPSA) is 41.1 Å². The molecule has 1 atom stereocenters. The van der Waals surface area contributed by atoms with E-state index < -0.39 is 0 Å². The molecule has 0 aromatic carbocycles. The van der Waals surface area contributed by atoms with E-state index in [1.54, 1.807) is 0 Å². The van der Waals surface area contributed by atoms with Crippen LogP contribution in [0.3, 0.4) is 0 Å². The van der Waals surface area contributed by atoms with Gasteiger partial charge in [-0.2, -0.15) is 0 Å². The minimum absolute atomic E-state index is 0.222. The van der Waals surface area contributed by atoms with Gasteiger partial charge in [0.25, 0.3) is 0 Å². The summed E-state index contributed by atoms with van der Waals surface area (Å²) in [7, 11) is 0. The van der Waals surface area contributed by atoms with Crippen LogP contribution in [-0.4, -0.2) is 25.5 Å². The number of hydrogen-bond acceptors (Lipinski definition) is 2. The van der Waals surface area contributed by atoms with Gasteiger partial charge >= 0.3 is 0 Å². The number of rotatable bonds is 4. The molecule has 1 saturated carbocycles. The Morgan fingerprint density at radius 1 is 1.27 bits per heavy atom. The first-order valence-corrected chi connectivity index (χ1v) is 6.34. The highest BCUT2D eigenvalue weighted by Crippen LogP contribution is 2.28. The molecule has 0 aromatic rings. The Kier molecular flexibility index (Phi) is 4.01. The molecule has 0 spiro atoms. The summed E-state index contributed by atoms with van der Waals surface area (Å²) in [5.41, 5.74) is 0. The molecule has 2 fully saturated rings. The Morgan fingerprint density at radius 3 is 2.73 bits per heavy atom. The van der Waals surface area contributed by atoms with Gasteiger partial charge in [0.15, 0.2) is 0 Å². The highest BCUT2D eigenvalue weighted by Gasteiger charge is 2.21. The van der Waals surface area contributed by atoms with Crippen molar-refractivity contribution < 1.29 is 4.79 Å². The van der Waals surface area contributed by atoms with Crippen LogP contribution in [0.15, 0.2) is 0 Å². The monoisotopic (exact) mass is 210 g/mol. The van der Waals surface area contributed by atoms with E-state index in [9.17, 15) is 4.79 Å². The maximum absolute atomic E-state index is 11.7. The van der Waals surface area contributed by atoms with E-state index in [1.807, 2.05) is 0 Å². The molecule has 1 aliphatic heterocycles. The Balaban J connectivity index is 1.58. The maximum atomic E-state index is 11.7. The molecule has 15 heavy (non-hydrogen) atoms. The summed E-state index contributed by atoms with van der Waals surface area (Å²) in [6, 6.07) is 0. The molecule has 0 unspecified atom stereocenters. The number of hydrogen-bond donors (Lipinski definition) is 2. The summed E-state index contributed by atoms with van der Waals surface area (Å²) in [6.45, 7) is 2.83. The van der Waals surface area contributed by atoms with E-state index in [-0.39, 0.29) is 11.8 Å². The zero-order chi connectivity index (χ0) is 10.5. The standard InChI is InChI=1S/C12H22N2O/c15-12(11-5-2-7-13-9-11)14-8-6-10-3-1-4-10/h10-11,13H,1-9H2,(H,14,15)/t11-/m0/s1. The molecular formula is C12H22N2O. The molecule has 2 aliphatic rings. The van der Waals surface area contributed by atoms with Gasteiger partial charge < -0.3 is 10.6 Å². The van der Waals surface area contributed by atoms with Crippen molar-refractivity contribution in [1.29, 1.82) is 0 Å². The van der Waals surface area contributed by atoms with E-state index >= 15 is 0 Å². The predicted molar refractivity (Wildman–Crippen MR) is 60.6 cm³/mol. The van der Waals surface area contributed by atoms with E-state index in [0.29, 0.717) is 0 Å². The number of carbonyl (C=O) groups excluding carboxylic acids is 1. The fourth-order valence-corrected chi connectivity index (χ4v) is 2.40. The molecule has 1 heterocycles. The highest BCUT2D eigenvalue weighted by molar-refractivity contribution is 5.78. The highest BCUT2D eigenvalue weighted by atomic mass is 16.1. The summed E-state index contributed by atoms with van der Waals surface area (Å²) in [6.07, 6.45) is 7.53. The molecule has 0 aromatic heterocycles. The van der Waals surface area contributed by atoms with Crippen molar-refractivity contribution in [2.75, 3.05) is 19.6 Å². The van der Waals surface area contributed by atoms with Crippen LogP contribution in [0.2, 0.25) is 0 Å². The average Bonchev–Trinajstić information content (AvgIpc) is 2.23. The van der Waals surface area contributed by atoms with Crippen molar-refractivity contribution >= 4 is 5.91 Å². The van der Waals surface area contributed by atoms with Crippen LogP contribution in [0, 0.1) is 11.8 Å². The summed E-state index contributed by atoms with van der Waals surface area (Å²) in [5.74, 6) is 1.39. The minimum atomic E-state index is 0.222. The van der Waals surface area contributed by atoms with Crippen molar-refractivity contribution in [2.45, 2.75) is 38.5 Å². The quantitative estimate of drug-likeness (QED) is 0.734. The van der Waals surface area contributed by atoms with Crippen LogP contribution >= 0.6 is 0 Å². The molecule has 1 aliphatic carbocycles. The number of amides is 1.